The molecule has 0 aliphatic carbocycles. The number of aromatic nitrogens is 2. The van der Waals surface area contributed by atoms with Crippen LogP contribution in [0.5, 0.6) is 0 Å². The van der Waals surface area contributed by atoms with Crippen LogP contribution < -0.4 is 5.32 Å². The van der Waals surface area contributed by atoms with Gasteiger partial charge in [0.2, 0.25) is 0 Å². The summed E-state index contributed by atoms with van der Waals surface area (Å²) < 4.78 is 1.99. The number of carbonyl (C=O) groups excluding carboxylic acids is 1. The molecule has 0 saturated heterocycles. The van der Waals surface area contributed by atoms with Gasteiger partial charge in [-0.2, -0.15) is 0 Å². The second-order valence-corrected chi connectivity index (χ2v) is 6.58. The van der Waals surface area contributed by atoms with Crippen LogP contribution >= 0.6 is 11.3 Å². The quantitative estimate of drug-likeness (QED) is 0.934. The number of rotatable bonds is 4. The number of thiophene rings is 1. The highest BCUT2D eigenvalue weighted by molar-refractivity contribution is 7.12. The lowest BCUT2D eigenvalue weighted by molar-refractivity contribution is 0.0897. The summed E-state index contributed by atoms with van der Waals surface area (Å²) in [5.41, 5.74) is -0.0167. The van der Waals surface area contributed by atoms with Gasteiger partial charge in [0.1, 0.15) is 0 Å². The van der Waals surface area contributed by atoms with E-state index in [2.05, 4.69) is 31.1 Å². The van der Waals surface area contributed by atoms with Crippen LogP contribution in [0, 0.1) is 5.41 Å². The molecule has 0 saturated carbocycles. The molecule has 0 fully saturated rings. The maximum absolute atomic E-state index is 12.2. The van der Waals surface area contributed by atoms with Crippen LogP contribution in [0.4, 0.5) is 0 Å². The lowest BCUT2D eigenvalue weighted by atomic mass is 9.86. The second-order valence-electron chi connectivity index (χ2n) is 5.63. The smallest absolute Gasteiger partial charge is 0.261 e. The van der Waals surface area contributed by atoms with E-state index < -0.39 is 0 Å². The van der Waals surface area contributed by atoms with Gasteiger partial charge >= 0.3 is 0 Å². The first-order chi connectivity index (χ1) is 8.97. The Balaban J connectivity index is 2.08. The lowest BCUT2D eigenvalue weighted by Gasteiger charge is -2.31. The van der Waals surface area contributed by atoms with Gasteiger partial charge in [-0.3, -0.25) is 4.79 Å². The molecule has 0 aliphatic rings. The molecule has 2 rings (SSSR count). The molecule has 0 spiro atoms. The minimum absolute atomic E-state index is 0.00459. The maximum Gasteiger partial charge on any atom is 0.261 e. The Morgan fingerprint density at radius 2 is 2.32 bits per heavy atom. The lowest BCUT2D eigenvalue weighted by Crippen LogP contribution is -2.46. The van der Waals surface area contributed by atoms with Crippen molar-refractivity contribution >= 4 is 17.2 Å². The first-order valence-electron chi connectivity index (χ1n) is 6.27. The maximum atomic E-state index is 12.2. The zero-order chi connectivity index (χ0) is 13.9. The molecule has 2 aromatic rings. The Morgan fingerprint density at radius 3 is 2.84 bits per heavy atom. The molecule has 1 unspecified atom stereocenters. The number of hydrogen-bond acceptors (Lipinski definition) is 3. The molecule has 0 aliphatic heterocycles. The molecule has 0 bridgehead atoms. The first kappa shape index (κ1) is 13.8. The van der Waals surface area contributed by atoms with Gasteiger partial charge in [-0.05, 0) is 16.9 Å². The second kappa shape index (κ2) is 5.57. The molecule has 0 aromatic carbocycles. The number of amides is 1. The van der Waals surface area contributed by atoms with E-state index in [0.717, 1.165) is 11.4 Å². The van der Waals surface area contributed by atoms with Crippen molar-refractivity contribution in [2.45, 2.75) is 33.4 Å². The molecule has 1 atom stereocenters. The molecular weight excluding hydrogens is 258 g/mol. The Labute approximate surface area is 117 Å². The van der Waals surface area contributed by atoms with Gasteiger partial charge in [-0.15, -0.1) is 11.3 Å². The van der Waals surface area contributed by atoms with Crippen molar-refractivity contribution in [1.82, 2.24) is 14.9 Å². The van der Waals surface area contributed by atoms with Gasteiger partial charge in [-0.25, -0.2) is 4.98 Å². The average Bonchev–Trinajstić information content (AvgIpc) is 2.99. The van der Waals surface area contributed by atoms with Crippen molar-refractivity contribution in [3.63, 3.8) is 0 Å². The Kier molecular flexibility index (Phi) is 4.04. The standard InChI is InChI=1S/C14H19N3OS/c1-14(2,3)12(9-17-7-6-15-10-17)16-13(18)11-5-4-8-19-11/h4-8,10,12H,9H2,1-3H3,(H,16,18). The van der Waals surface area contributed by atoms with Crippen LogP contribution in [0.25, 0.3) is 0 Å². The van der Waals surface area contributed by atoms with Crippen molar-refractivity contribution < 1.29 is 4.79 Å². The van der Waals surface area contributed by atoms with E-state index in [-0.39, 0.29) is 17.4 Å². The van der Waals surface area contributed by atoms with Crippen molar-refractivity contribution in [2.24, 2.45) is 5.41 Å². The molecule has 0 radical (unpaired) electrons. The Bertz CT molecular complexity index is 511. The summed E-state index contributed by atoms with van der Waals surface area (Å²) in [5, 5.41) is 5.03. The van der Waals surface area contributed by atoms with Gasteiger partial charge < -0.3 is 9.88 Å². The van der Waals surface area contributed by atoms with Crippen LogP contribution in [0.2, 0.25) is 0 Å². The summed E-state index contributed by atoms with van der Waals surface area (Å²) >= 11 is 1.46. The van der Waals surface area contributed by atoms with Crippen LogP contribution in [0.1, 0.15) is 30.4 Å². The Hall–Kier alpha value is -1.62. The predicted octanol–water partition coefficient (Wildman–Crippen LogP) is 2.79. The molecule has 2 aromatic heterocycles. The topological polar surface area (TPSA) is 46.9 Å². The van der Waals surface area contributed by atoms with E-state index in [0.29, 0.717) is 0 Å². The highest BCUT2D eigenvalue weighted by atomic mass is 32.1. The fourth-order valence-corrected chi connectivity index (χ4v) is 2.41. The van der Waals surface area contributed by atoms with Gasteiger partial charge in [0.15, 0.2) is 0 Å². The minimum atomic E-state index is -0.0167. The summed E-state index contributed by atoms with van der Waals surface area (Å²) in [4.78, 5) is 17.0. The molecule has 2 heterocycles. The van der Waals surface area contributed by atoms with E-state index in [1.54, 1.807) is 12.5 Å². The third-order valence-corrected chi connectivity index (χ3v) is 3.92. The number of nitrogens with one attached hydrogen (secondary N) is 1. The number of imidazole rings is 1. The van der Waals surface area contributed by atoms with Crippen molar-refractivity contribution in [3.8, 4) is 0 Å². The summed E-state index contributed by atoms with van der Waals surface area (Å²) in [6.07, 6.45) is 5.44. The van der Waals surface area contributed by atoms with Gasteiger partial charge in [0.05, 0.1) is 17.2 Å². The fourth-order valence-electron chi connectivity index (χ4n) is 1.78. The summed E-state index contributed by atoms with van der Waals surface area (Å²) in [6, 6.07) is 3.79. The SMILES string of the molecule is CC(C)(C)C(Cn1ccnc1)NC(=O)c1cccs1. The molecule has 1 amide bonds. The molecule has 19 heavy (non-hydrogen) atoms. The minimum Gasteiger partial charge on any atom is -0.346 e. The van der Waals surface area contributed by atoms with Gasteiger partial charge in [0, 0.05) is 18.9 Å². The average molecular weight is 277 g/mol. The molecule has 5 heteroatoms. The van der Waals surface area contributed by atoms with Crippen molar-refractivity contribution in [1.29, 1.82) is 0 Å². The number of hydrogen-bond donors (Lipinski definition) is 1. The van der Waals surface area contributed by atoms with Crippen molar-refractivity contribution in [2.75, 3.05) is 0 Å². The summed E-state index contributed by atoms with van der Waals surface area (Å²) in [5.74, 6) is -0.00459. The molecule has 1 N–H and O–H groups in total. The number of carbonyl (C=O) groups is 1. The van der Waals surface area contributed by atoms with Crippen LogP contribution in [-0.4, -0.2) is 21.5 Å². The van der Waals surface area contributed by atoms with Crippen LogP contribution in [0.3, 0.4) is 0 Å². The van der Waals surface area contributed by atoms with Gasteiger partial charge in [0.25, 0.3) is 5.91 Å². The van der Waals surface area contributed by atoms with E-state index in [4.69, 9.17) is 0 Å². The summed E-state index contributed by atoms with van der Waals surface area (Å²) in [7, 11) is 0. The van der Waals surface area contributed by atoms with Crippen LogP contribution in [0.15, 0.2) is 36.2 Å². The summed E-state index contributed by atoms with van der Waals surface area (Å²) in [6.45, 7) is 7.11. The normalized spacial score (nSPS) is 13.2. The molecule has 4 nitrogen and oxygen atoms in total. The zero-order valence-electron chi connectivity index (χ0n) is 11.5. The zero-order valence-corrected chi connectivity index (χ0v) is 12.3. The van der Waals surface area contributed by atoms with Gasteiger partial charge in [-0.1, -0.05) is 26.8 Å². The molecular formula is C14H19N3OS. The van der Waals surface area contributed by atoms with Crippen LogP contribution in [-0.2, 0) is 6.54 Å². The third-order valence-electron chi connectivity index (χ3n) is 3.05. The first-order valence-corrected chi connectivity index (χ1v) is 7.15. The molecule has 102 valence electrons. The third kappa shape index (κ3) is 3.67. The van der Waals surface area contributed by atoms with E-state index >= 15 is 0 Å². The van der Waals surface area contributed by atoms with E-state index in [1.807, 2.05) is 28.3 Å². The highest BCUT2D eigenvalue weighted by Gasteiger charge is 2.27. The largest absolute Gasteiger partial charge is 0.346 e. The monoisotopic (exact) mass is 277 g/mol. The van der Waals surface area contributed by atoms with E-state index in [1.165, 1.54) is 11.3 Å². The Morgan fingerprint density at radius 1 is 1.53 bits per heavy atom. The van der Waals surface area contributed by atoms with E-state index in [9.17, 15) is 4.79 Å². The highest BCUT2D eigenvalue weighted by Crippen LogP contribution is 2.21. The predicted molar refractivity (Wildman–Crippen MR) is 77.3 cm³/mol. The number of nitrogens with zero attached hydrogens (tertiary/aromatic N) is 2. The fraction of sp³-hybridized carbons (Fsp3) is 0.429. The van der Waals surface area contributed by atoms with Crippen molar-refractivity contribution in [3.05, 3.63) is 41.1 Å².